The van der Waals surface area contributed by atoms with Crippen LogP contribution in [0.4, 0.5) is 0 Å². The lowest BCUT2D eigenvalue weighted by Crippen LogP contribution is -2.26. The van der Waals surface area contributed by atoms with Gasteiger partial charge in [-0.1, -0.05) is 5.73 Å². The van der Waals surface area contributed by atoms with Crippen LogP contribution in [0.1, 0.15) is 13.8 Å². The molecule has 0 spiro atoms. The predicted octanol–water partition coefficient (Wildman–Crippen LogP) is 2.44. The number of hydrogen-bond donors (Lipinski definition) is 0. The van der Waals surface area contributed by atoms with Crippen molar-refractivity contribution in [3.63, 3.8) is 0 Å². The molecule has 4 nitrogen and oxygen atoms in total. The van der Waals surface area contributed by atoms with Gasteiger partial charge in [-0.15, -0.1) is 0 Å². The zero-order valence-electron chi connectivity index (χ0n) is 8.94. The van der Waals surface area contributed by atoms with E-state index in [0.29, 0.717) is 6.16 Å². The Morgan fingerprint density at radius 2 is 2.00 bits per heavy atom. The van der Waals surface area contributed by atoms with Gasteiger partial charge in [-0.2, -0.15) is 0 Å². The second-order valence-corrected chi connectivity index (χ2v) is 4.12. The van der Waals surface area contributed by atoms with Crippen molar-refractivity contribution in [2.75, 3.05) is 20.4 Å². The lowest BCUT2D eigenvalue weighted by molar-refractivity contribution is -0.155. The van der Waals surface area contributed by atoms with Crippen LogP contribution >= 0.6 is 8.03 Å². The van der Waals surface area contributed by atoms with Gasteiger partial charge in [0.2, 0.25) is 0 Å². The van der Waals surface area contributed by atoms with Gasteiger partial charge in [-0.3, -0.25) is 4.52 Å². The molecule has 0 rings (SSSR count). The van der Waals surface area contributed by atoms with Gasteiger partial charge in [0.05, 0.1) is 0 Å². The number of methoxy groups -OCH3 is 2. The molecule has 0 aliphatic carbocycles. The van der Waals surface area contributed by atoms with E-state index in [1.54, 1.807) is 19.9 Å². The van der Waals surface area contributed by atoms with Crippen LogP contribution in [0.2, 0.25) is 0 Å². The Bertz CT molecular complexity index is 239. The smallest absolute Gasteiger partial charge is 0.349 e. The highest BCUT2D eigenvalue weighted by Crippen LogP contribution is 2.20. The maximum absolute atomic E-state index is 10.9. The summed E-state index contributed by atoms with van der Waals surface area (Å²) in [6.45, 7) is 3.51. The fourth-order valence-electron chi connectivity index (χ4n) is 0.550. The Hall–Kier alpha value is -0.660. The van der Waals surface area contributed by atoms with Crippen molar-refractivity contribution in [3.05, 3.63) is 18.1 Å². The standard InChI is InChI=1S/C9H16O4P/c1-5-14(10)13-8-6-7-9(2,11-3)12-4/h7-8H,5H2,1-4H3/q+1. The highest BCUT2D eigenvalue weighted by atomic mass is 31.1. The maximum atomic E-state index is 10.9. The van der Waals surface area contributed by atoms with Crippen molar-refractivity contribution >= 4 is 8.03 Å². The summed E-state index contributed by atoms with van der Waals surface area (Å²) in [4.78, 5) is 0. The SMILES string of the molecule is CC[P+](=O)OC=C=CC(C)(OC)OC. The molecular formula is C9H16O4P+. The summed E-state index contributed by atoms with van der Waals surface area (Å²) in [7, 11) is 1.44. The van der Waals surface area contributed by atoms with Gasteiger partial charge in [0, 0.05) is 20.3 Å². The van der Waals surface area contributed by atoms with Gasteiger partial charge in [-0.05, 0) is 18.4 Å². The molecular weight excluding hydrogens is 203 g/mol. The highest BCUT2D eigenvalue weighted by Gasteiger charge is 2.17. The lowest BCUT2D eigenvalue weighted by Gasteiger charge is -2.20. The zero-order chi connectivity index (χ0) is 11.0. The third-order valence-corrected chi connectivity index (χ3v) is 2.51. The number of hydrogen-bond acceptors (Lipinski definition) is 4. The molecule has 0 fully saturated rings. The number of ether oxygens (including phenoxy) is 2. The second-order valence-electron chi connectivity index (χ2n) is 2.61. The predicted molar refractivity (Wildman–Crippen MR) is 54.3 cm³/mol. The highest BCUT2D eigenvalue weighted by molar-refractivity contribution is 7.39. The van der Waals surface area contributed by atoms with Crippen molar-refractivity contribution in [1.29, 1.82) is 0 Å². The fourth-order valence-corrected chi connectivity index (χ4v) is 0.878. The summed E-state index contributed by atoms with van der Waals surface area (Å²) < 4.78 is 25.7. The van der Waals surface area contributed by atoms with Crippen LogP contribution in [0, 0.1) is 0 Å². The van der Waals surface area contributed by atoms with Crippen LogP contribution in [-0.2, 0) is 18.6 Å². The van der Waals surface area contributed by atoms with E-state index in [1.807, 2.05) is 0 Å². The first-order chi connectivity index (χ1) is 6.58. The van der Waals surface area contributed by atoms with Gasteiger partial charge in [0.15, 0.2) is 18.2 Å². The minimum Gasteiger partial charge on any atom is -0.349 e. The molecule has 5 heteroatoms. The summed E-state index contributed by atoms with van der Waals surface area (Å²) in [5.41, 5.74) is 2.69. The minimum atomic E-state index is -1.60. The van der Waals surface area contributed by atoms with E-state index < -0.39 is 13.8 Å². The topological polar surface area (TPSA) is 44.8 Å². The molecule has 0 saturated heterocycles. The summed E-state index contributed by atoms with van der Waals surface area (Å²) >= 11 is 0. The molecule has 0 heterocycles. The summed E-state index contributed by atoms with van der Waals surface area (Å²) in [5.74, 6) is -0.822. The lowest BCUT2D eigenvalue weighted by atomic mass is 10.3. The Morgan fingerprint density at radius 3 is 2.43 bits per heavy atom. The second kappa shape index (κ2) is 6.74. The summed E-state index contributed by atoms with van der Waals surface area (Å²) in [5, 5.41) is 0. The van der Waals surface area contributed by atoms with Gasteiger partial charge < -0.3 is 9.47 Å². The fraction of sp³-hybridized carbons (Fsp3) is 0.667. The van der Waals surface area contributed by atoms with Gasteiger partial charge in [0.1, 0.15) is 0 Å². The molecule has 0 aliphatic heterocycles. The third-order valence-electron chi connectivity index (χ3n) is 1.65. The molecule has 0 saturated carbocycles. The normalized spacial score (nSPS) is 11.6. The van der Waals surface area contributed by atoms with Crippen LogP contribution in [-0.4, -0.2) is 26.2 Å². The average molecular weight is 219 g/mol. The largest absolute Gasteiger partial charge is 0.555 e. The molecule has 1 unspecified atom stereocenters. The monoisotopic (exact) mass is 219 g/mol. The van der Waals surface area contributed by atoms with E-state index in [2.05, 4.69) is 5.73 Å². The van der Waals surface area contributed by atoms with E-state index in [9.17, 15) is 4.57 Å². The first kappa shape index (κ1) is 13.3. The number of rotatable bonds is 6. The van der Waals surface area contributed by atoms with Crippen molar-refractivity contribution in [3.8, 4) is 0 Å². The van der Waals surface area contributed by atoms with Crippen molar-refractivity contribution < 1.29 is 18.6 Å². The van der Waals surface area contributed by atoms with Crippen molar-refractivity contribution in [2.24, 2.45) is 0 Å². The van der Waals surface area contributed by atoms with Crippen molar-refractivity contribution in [2.45, 2.75) is 19.6 Å². The van der Waals surface area contributed by atoms with E-state index in [1.165, 1.54) is 20.5 Å². The van der Waals surface area contributed by atoms with Crippen LogP contribution in [0.15, 0.2) is 18.1 Å². The minimum absolute atomic E-state index is 0.485. The quantitative estimate of drug-likeness (QED) is 0.298. The van der Waals surface area contributed by atoms with E-state index in [-0.39, 0.29) is 0 Å². The molecule has 0 N–H and O–H groups in total. The molecule has 0 bridgehead atoms. The molecule has 0 aromatic carbocycles. The zero-order valence-corrected chi connectivity index (χ0v) is 9.84. The van der Waals surface area contributed by atoms with Crippen LogP contribution in [0.25, 0.3) is 0 Å². The molecule has 1 atom stereocenters. The Labute approximate surface area is 85.4 Å². The van der Waals surface area contributed by atoms with E-state index in [0.717, 1.165) is 0 Å². The van der Waals surface area contributed by atoms with Gasteiger partial charge in [-0.25, -0.2) is 0 Å². The van der Waals surface area contributed by atoms with E-state index in [4.69, 9.17) is 14.0 Å². The maximum Gasteiger partial charge on any atom is 0.555 e. The van der Waals surface area contributed by atoms with Crippen LogP contribution in [0.5, 0.6) is 0 Å². The molecule has 0 aliphatic rings. The first-order valence-corrected chi connectivity index (χ1v) is 5.58. The summed E-state index contributed by atoms with van der Waals surface area (Å²) in [6, 6.07) is 0. The van der Waals surface area contributed by atoms with Crippen LogP contribution < -0.4 is 0 Å². The molecule has 0 aromatic rings. The van der Waals surface area contributed by atoms with Gasteiger partial charge in [0.25, 0.3) is 0 Å². The third kappa shape index (κ3) is 5.15. The van der Waals surface area contributed by atoms with E-state index >= 15 is 0 Å². The molecule has 0 amide bonds. The molecule has 14 heavy (non-hydrogen) atoms. The summed E-state index contributed by atoms with van der Waals surface area (Å²) in [6.07, 6.45) is 3.28. The molecule has 0 aromatic heterocycles. The Kier molecular flexibility index (Phi) is 6.43. The Morgan fingerprint density at radius 1 is 1.43 bits per heavy atom. The van der Waals surface area contributed by atoms with Crippen LogP contribution in [0.3, 0.4) is 0 Å². The Balaban J connectivity index is 4.20. The molecule has 0 radical (unpaired) electrons. The molecule has 80 valence electrons. The first-order valence-electron chi connectivity index (χ1n) is 4.21. The average Bonchev–Trinajstić information content (AvgIpc) is 2.23. The van der Waals surface area contributed by atoms with Crippen molar-refractivity contribution in [1.82, 2.24) is 0 Å². The van der Waals surface area contributed by atoms with Gasteiger partial charge >= 0.3 is 8.03 Å².